The van der Waals surface area contributed by atoms with Gasteiger partial charge in [-0.25, -0.2) is 0 Å². The summed E-state index contributed by atoms with van der Waals surface area (Å²) in [6, 6.07) is 10.9. The fourth-order valence-corrected chi connectivity index (χ4v) is 4.66. The van der Waals surface area contributed by atoms with Gasteiger partial charge in [-0.3, -0.25) is 0 Å². The largest absolute Gasteiger partial charge is 1.00 e. The van der Waals surface area contributed by atoms with Gasteiger partial charge < -0.3 is 22.2 Å². The Hall–Kier alpha value is -0.570. The summed E-state index contributed by atoms with van der Waals surface area (Å²) in [7, 11) is 4.70. The van der Waals surface area contributed by atoms with Crippen molar-refractivity contribution in [2.75, 3.05) is 33.7 Å². The smallest absolute Gasteiger partial charge is 0.104 e. The quantitative estimate of drug-likeness (QED) is 0.174. The second kappa shape index (κ2) is 21.9. The fourth-order valence-electron chi connectivity index (χ4n) is 4.66. The van der Waals surface area contributed by atoms with Crippen LogP contribution in [0.25, 0.3) is 0 Å². The number of benzene rings is 1. The van der Waals surface area contributed by atoms with Crippen molar-refractivity contribution in [1.29, 1.82) is 0 Å². The molecule has 2 nitrogen and oxygen atoms in total. The van der Waals surface area contributed by atoms with Crippen molar-refractivity contribution < 1.29 is 16.9 Å². The lowest BCUT2D eigenvalue weighted by Crippen LogP contribution is -3.00. The van der Waals surface area contributed by atoms with E-state index < -0.39 is 0 Å². The highest BCUT2D eigenvalue weighted by molar-refractivity contribution is 5.13. The number of quaternary nitrogens is 1. The van der Waals surface area contributed by atoms with E-state index >= 15 is 0 Å². The lowest BCUT2D eigenvalue weighted by molar-refractivity contribution is -0.903. The van der Waals surface area contributed by atoms with E-state index in [0.717, 1.165) is 23.5 Å². The minimum Gasteiger partial charge on any atom is -1.00 e. The van der Waals surface area contributed by atoms with Crippen molar-refractivity contribution in [2.24, 2.45) is 5.92 Å². The Bertz CT molecular complexity index is 515. The van der Waals surface area contributed by atoms with Crippen molar-refractivity contribution in [2.45, 2.75) is 117 Å². The summed E-state index contributed by atoms with van der Waals surface area (Å²) in [5.74, 6) is 0.888. The van der Waals surface area contributed by atoms with Crippen LogP contribution >= 0.6 is 0 Å². The number of hydrogen-bond donors (Lipinski definition) is 1. The Morgan fingerprint density at radius 1 is 0.636 bits per heavy atom. The van der Waals surface area contributed by atoms with Crippen LogP contribution in [0.1, 0.15) is 116 Å². The zero-order chi connectivity index (χ0) is 23.3. The van der Waals surface area contributed by atoms with Crippen LogP contribution < -0.4 is 17.7 Å². The molecule has 194 valence electrons. The summed E-state index contributed by atoms with van der Waals surface area (Å²) in [5.41, 5.74) is 1.44. The highest BCUT2D eigenvalue weighted by atomic mass is 35.5. The SMILES string of the molecule is CC(C)CCCCCCCCCCCCCCCNCCC[N+](C)(C)Cc1ccccc1.[Cl-]. The molecule has 0 radical (unpaired) electrons. The average molecular weight is 481 g/mol. The maximum absolute atomic E-state index is 3.66. The topological polar surface area (TPSA) is 12.0 Å². The molecule has 0 aromatic heterocycles. The first-order valence-electron chi connectivity index (χ1n) is 14.1. The van der Waals surface area contributed by atoms with Crippen LogP contribution in [0.5, 0.6) is 0 Å². The molecule has 0 aliphatic rings. The molecule has 0 fully saturated rings. The van der Waals surface area contributed by atoms with Crippen molar-refractivity contribution in [3.63, 3.8) is 0 Å². The van der Waals surface area contributed by atoms with E-state index in [1.54, 1.807) is 0 Å². The van der Waals surface area contributed by atoms with E-state index in [1.165, 1.54) is 115 Å². The molecule has 33 heavy (non-hydrogen) atoms. The lowest BCUT2D eigenvalue weighted by Gasteiger charge is -2.30. The highest BCUT2D eigenvalue weighted by Crippen LogP contribution is 2.14. The van der Waals surface area contributed by atoms with Crippen LogP contribution in [0.15, 0.2) is 30.3 Å². The summed E-state index contributed by atoms with van der Waals surface area (Å²) in [6.45, 7) is 9.40. The van der Waals surface area contributed by atoms with Crippen LogP contribution in [-0.2, 0) is 6.54 Å². The van der Waals surface area contributed by atoms with Gasteiger partial charge in [-0.2, -0.15) is 0 Å². The third-order valence-electron chi connectivity index (χ3n) is 6.71. The van der Waals surface area contributed by atoms with Gasteiger partial charge in [0, 0.05) is 18.5 Å². The molecular weight excluding hydrogens is 424 g/mol. The predicted octanol–water partition coefficient (Wildman–Crippen LogP) is 5.36. The number of nitrogens with one attached hydrogen (secondary N) is 1. The third kappa shape index (κ3) is 21.7. The lowest BCUT2D eigenvalue weighted by atomic mass is 10.0. The molecule has 0 bridgehead atoms. The first-order chi connectivity index (χ1) is 15.5. The van der Waals surface area contributed by atoms with Crippen molar-refractivity contribution in [1.82, 2.24) is 5.32 Å². The highest BCUT2D eigenvalue weighted by Gasteiger charge is 2.14. The Morgan fingerprint density at radius 2 is 1.09 bits per heavy atom. The van der Waals surface area contributed by atoms with Gasteiger partial charge >= 0.3 is 0 Å². The van der Waals surface area contributed by atoms with E-state index in [0.29, 0.717) is 0 Å². The van der Waals surface area contributed by atoms with Gasteiger partial charge in [0.2, 0.25) is 0 Å². The summed E-state index contributed by atoms with van der Waals surface area (Å²) < 4.78 is 1.07. The van der Waals surface area contributed by atoms with Crippen LogP contribution in [0, 0.1) is 5.92 Å². The molecule has 0 amide bonds. The Morgan fingerprint density at radius 3 is 1.61 bits per heavy atom. The molecule has 0 heterocycles. The summed E-state index contributed by atoms with van der Waals surface area (Å²) in [5, 5.41) is 3.66. The molecule has 0 unspecified atom stereocenters. The minimum absolute atomic E-state index is 0. The molecule has 1 aromatic carbocycles. The maximum atomic E-state index is 3.66. The fraction of sp³-hybridized carbons (Fsp3) is 0.800. The summed E-state index contributed by atoms with van der Waals surface area (Å²) in [6.07, 6.45) is 21.5. The average Bonchev–Trinajstić information content (AvgIpc) is 2.75. The van der Waals surface area contributed by atoms with Crippen LogP contribution in [-0.4, -0.2) is 38.2 Å². The Balaban J connectivity index is 0.0000102. The summed E-state index contributed by atoms with van der Waals surface area (Å²) >= 11 is 0. The number of nitrogens with zero attached hydrogens (tertiary/aromatic N) is 1. The Labute approximate surface area is 214 Å². The van der Waals surface area contributed by atoms with E-state index in [2.05, 4.69) is 63.6 Å². The van der Waals surface area contributed by atoms with Gasteiger partial charge in [0.1, 0.15) is 6.54 Å². The predicted molar refractivity (Wildman–Crippen MR) is 144 cm³/mol. The first kappa shape index (κ1) is 32.4. The molecule has 0 saturated heterocycles. The standard InChI is InChI=1S/C30H57N2.ClH/c1-29(2)22-17-14-12-10-8-6-5-7-9-11-13-15-20-25-31-26-21-27-32(3,4)28-30-23-18-16-19-24-30;/h16,18-19,23-24,29,31H,5-15,17,20-22,25-28H2,1-4H3;1H/q+1;/p-1. The molecule has 0 atom stereocenters. The molecule has 0 saturated carbocycles. The van der Waals surface area contributed by atoms with Gasteiger partial charge in [-0.05, 0) is 18.9 Å². The molecular formula is C30H57ClN2. The van der Waals surface area contributed by atoms with Gasteiger partial charge in [0.05, 0.1) is 20.6 Å². The van der Waals surface area contributed by atoms with Crippen molar-refractivity contribution in [3.8, 4) is 0 Å². The minimum atomic E-state index is 0. The third-order valence-corrected chi connectivity index (χ3v) is 6.71. The van der Waals surface area contributed by atoms with Crippen LogP contribution in [0.4, 0.5) is 0 Å². The molecule has 1 N–H and O–H groups in total. The number of halogens is 1. The van der Waals surface area contributed by atoms with Gasteiger partial charge in [0.15, 0.2) is 0 Å². The van der Waals surface area contributed by atoms with E-state index in [-0.39, 0.29) is 12.4 Å². The van der Waals surface area contributed by atoms with Gasteiger partial charge in [-0.15, -0.1) is 0 Å². The molecule has 0 aliphatic carbocycles. The molecule has 0 aliphatic heterocycles. The molecule has 1 aromatic rings. The zero-order valence-electron chi connectivity index (χ0n) is 22.7. The first-order valence-corrected chi connectivity index (χ1v) is 14.1. The van der Waals surface area contributed by atoms with E-state index in [4.69, 9.17) is 0 Å². The molecule has 3 heteroatoms. The number of unbranched alkanes of at least 4 members (excludes halogenated alkanes) is 12. The monoisotopic (exact) mass is 480 g/mol. The molecule has 0 spiro atoms. The van der Waals surface area contributed by atoms with Crippen molar-refractivity contribution in [3.05, 3.63) is 35.9 Å². The van der Waals surface area contributed by atoms with Crippen LogP contribution in [0.2, 0.25) is 0 Å². The van der Waals surface area contributed by atoms with E-state index in [9.17, 15) is 0 Å². The van der Waals surface area contributed by atoms with Gasteiger partial charge in [0.25, 0.3) is 0 Å². The Kier molecular flexibility index (Phi) is 21.6. The van der Waals surface area contributed by atoms with Crippen molar-refractivity contribution >= 4 is 0 Å². The van der Waals surface area contributed by atoms with Crippen LogP contribution in [0.3, 0.4) is 0 Å². The second-order valence-corrected chi connectivity index (χ2v) is 11.2. The zero-order valence-corrected chi connectivity index (χ0v) is 23.5. The second-order valence-electron chi connectivity index (χ2n) is 11.2. The van der Waals surface area contributed by atoms with E-state index in [1.807, 2.05) is 0 Å². The summed E-state index contributed by atoms with van der Waals surface area (Å²) in [4.78, 5) is 0. The normalized spacial score (nSPS) is 11.7. The number of rotatable bonds is 22. The number of hydrogen-bond acceptors (Lipinski definition) is 1. The molecule has 1 rings (SSSR count). The van der Waals surface area contributed by atoms with Gasteiger partial charge in [-0.1, -0.05) is 128 Å². The maximum Gasteiger partial charge on any atom is 0.104 e.